The number of rotatable bonds is 15. The van der Waals surface area contributed by atoms with Gasteiger partial charge in [0.1, 0.15) is 12.0 Å². The van der Waals surface area contributed by atoms with E-state index in [1.165, 1.54) is 43.5 Å². The molecule has 8 aromatic carbocycles. The van der Waals surface area contributed by atoms with Gasteiger partial charge in [-0.2, -0.15) is 0 Å². The second-order valence-electron chi connectivity index (χ2n) is 19.5. The fourth-order valence-electron chi connectivity index (χ4n) is 8.57. The summed E-state index contributed by atoms with van der Waals surface area (Å²) in [6.07, 6.45) is 1.07. The number of carboxylic acid groups (broad SMARTS) is 1. The van der Waals surface area contributed by atoms with Crippen molar-refractivity contribution < 1.29 is 100 Å². The standard InChI is InChI=1S/C23H21BN2O5.C16H13NO4.C8H8O3.C7H8BNO2.C7H8N2O2.CHI3.CH2I.3CH4.CH3.2V/c1-15-10-17(4-9-22(15)26(29)30)11-23(27)18-5-2-16(3-6-18)13-25-20-8-7-19-14-31-24(28)21(19)12-20;1-11-8-13(4-7-15(11)17(20)21)9-16(19)14-5-2-12(10-18)3-6-14;1-11-7-4-2-6(3-5-7)8(9)10;9-6-2-1-5-4-11-8(10)7(5)3-6;1-5-4-6(8)2-3-7(5)9(10)11;2-1(3)4;1-2;;;;;;/h2-10,12,25,28H,11,13-14H2,1H3;2-8,10H,9H2,1H3;2-5H,1H3,(H,9,10);1-3,10H,4,9H2;2-4H,8H2,1H3;1H;1H2;3*1H4;1H3;;/q;;;;;;-1;;;;-1;;. The number of nitrogen functional groups attached to an aromatic ring is 2. The van der Waals surface area contributed by atoms with E-state index in [4.69, 9.17) is 30.6 Å². The predicted octanol–water partition coefficient (Wildman–Crippen LogP) is 14.8. The second kappa shape index (κ2) is 48.4. The number of ketones is 2. The number of benzene rings is 8. The summed E-state index contributed by atoms with van der Waals surface area (Å²) in [6.45, 7) is 6.45. The number of fused-ring (bicyclic) bond motifs is 2. The van der Waals surface area contributed by atoms with Crippen LogP contribution >= 0.6 is 90.4 Å². The number of alkyl halides is 3. The number of methoxy groups -OCH3 is 1. The first kappa shape index (κ1) is 94.9. The van der Waals surface area contributed by atoms with Gasteiger partial charge in [0.05, 0.1) is 40.7 Å². The van der Waals surface area contributed by atoms with Gasteiger partial charge in [-0.3, -0.25) is 49.7 Å². The summed E-state index contributed by atoms with van der Waals surface area (Å²) >= 11 is 8.85. The van der Waals surface area contributed by atoms with Crippen LogP contribution in [0.1, 0.15) is 108 Å². The van der Waals surface area contributed by atoms with Gasteiger partial charge in [0.25, 0.3) is 17.1 Å². The minimum atomic E-state index is -0.923. The van der Waals surface area contributed by atoms with E-state index in [-0.39, 0.29) is 114 Å². The molecule has 0 saturated carbocycles. The zero-order valence-electron chi connectivity index (χ0n) is 51.2. The summed E-state index contributed by atoms with van der Waals surface area (Å²) in [7, 11) is -0.120. The van der Waals surface area contributed by atoms with Crippen LogP contribution in [0.5, 0.6) is 5.75 Å². The minimum Gasteiger partial charge on any atom is -0.497 e. The van der Waals surface area contributed by atoms with Crippen LogP contribution in [0.2, 0.25) is 0 Å². The molecule has 0 bridgehead atoms. The summed E-state index contributed by atoms with van der Waals surface area (Å²) in [5.41, 5.74) is 22.9. The molecule has 2 heterocycles. The smallest absolute Gasteiger partial charge is 0.491 e. The van der Waals surface area contributed by atoms with Gasteiger partial charge >= 0.3 is 20.2 Å². The van der Waals surface area contributed by atoms with Crippen molar-refractivity contribution in [3.63, 3.8) is 0 Å². The molecule has 0 spiro atoms. The number of nitrogens with two attached hydrogens (primary N) is 2. The molecular formula is C67H76B2I4N6O16V2-2. The van der Waals surface area contributed by atoms with E-state index in [1.807, 2.05) is 59.0 Å². The summed E-state index contributed by atoms with van der Waals surface area (Å²) in [4.78, 5) is 79.5. The maximum Gasteiger partial charge on any atom is 0.491 e. The second-order valence-corrected chi connectivity index (χ2v) is 30.4. The third kappa shape index (κ3) is 31.6. The van der Waals surface area contributed by atoms with Gasteiger partial charge in [0.15, 0.2) is 11.6 Å². The molecule has 0 fully saturated rings. The van der Waals surface area contributed by atoms with Crippen LogP contribution in [-0.2, 0) is 79.0 Å². The van der Waals surface area contributed by atoms with Crippen LogP contribution in [-0.4, -0.2) is 75.0 Å². The molecule has 516 valence electrons. The quantitative estimate of drug-likeness (QED) is 0.00639. The number of halogens is 4. The van der Waals surface area contributed by atoms with Crippen molar-refractivity contribution in [3.05, 3.63) is 273 Å². The summed E-state index contributed by atoms with van der Waals surface area (Å²) in [5.74, 6) is -0.399. The zero-order valence-corrected chi connectivity index (χ0v) is 62.6. The number of carboxylic acids is 1. The number of nitro benzene ring substituents is 3. The topological polar surface area (TPSA) is 350 Å². The first-order chi connectivity index (χ1) is 43.3. The predicted molar refractivity (Wildman–Crippen MR) is 413 cm³/mol. The third-order valence-corrected chi connectivity index (χ3v) is 13.2. The Morgan fingerprint density at radius 2 is 0.948 bits per heavy atom. The fraction of sp³-hybridized carbons (Fsp3) is 0.194. The van der Waals surface area contributed by atoms with Crippen LogP contribution < -0.4 is 32.4 Å². The van der Waals surface area contributed by atoms with Crippen LogP contribution in [0.25, 0.3) is 0 Å². The molecule has 97 heavy (non-hydrogen) atoms. The van der Waals surface area contributed by atoms with Crippen molar-refractivity contribution in [1.82, 2.24) is 0 Å². The normalized spacial score (nSPS) is 10.5. The van der Waals surface area contributed by atoms with Gasteiger partial charge in [-0.1, -0.05) is 163 Å². The molecule has 8 aromatic rings. The Morgan fingerprint density at radius 1 is 0.588 bits per heavy atom. The average Bonchev–Trinajstić information content (AvgIpc) is 1.82. The van der Waals surface area contributed by atoms with Crippen LogP contribution in [0, 0.1) is 63.5 Å². The van der Waals surface area contributed by atoms with Gasteiger partial charge in [0, 0.05) is 125 Å². The molecule has 0 aliphatic carbocycles. The van der Waals surface area contributed by atoms with Gasteiger partial charge in [0.2, 0.25) is 0 Å². The zero-order chi connectivity index (χ0) is 67.5. The average molecular weight is 1850 g/mol. The largest absolute Gasteiger partial charge is 0.497 e. The third-order valence-electron chi connectivity index (χ3n) is 13.2. The fourth-order valence-corrected chi connectivity index (χ4v) is 8.57. The van der Waals surface area contributed by atoms with Crippen molar-refractivity contribution >= 4 is 173 Å². The number of carbonyl (C=O) groups excluding carboxylic acids is 3. The number of hydrogen-bond donors (Lipinski definition) is 6. The molecular weight excluding hydrogens is 1780 g/mol. The van der Waals surface area contributed by atoms with E-state index >= 15 is 0 Å². The van der Waals surface area contributed by atoms with Crippen molar-refractivity contribution in [3.8, 4) is 5.75 Å². The number of Topliss-reactive ketones (excluding diaryl/α,β-unsaturated/α-hetero) is 2. The maximum absolute atomic E-state index is 12.6. The van der Waals surface area contributed by atoms with Crippen LogP contribution in [0.4, 0.5) is 34.1 Å². The van der Waals surface area contributed by atoms with E-state index in [0.717, 1.165) is 44.4 Å². The molecule has 0 atom stereocenters. The van der Waals surface area contributed by atoms with E-state index in [1.54, 1.807) is 112 Å². The number of ether oxygens (including phenoxy) is 1. The number of nitro groups is 3. The molecule has 0 amide bonds. The number of nitrogens with one attached hydrogen (secondary N) is 1. The number of hydrogen-bond acceptors (Lipinski definition) is 18. The van der Waals surface area contributed by atoms with Gasteiger partial charge in [-0.05, 0) is 132 Å². The Bertz CT molecular complexity index is 3830. The molecule has 2 aliphatic heterocycles. The Kier molecular flexibility index (Phi) is 47.4. The maximum atomic E-state index is 12.6. The Labute approximate surface area is 645 Å². The van der Waals surface area contributed by atoms with Gasteiger partial charge in [-0.25, -0.2) is 4.79 Å². The minimum absolute atomic E-state index is 0. The number of aryl methyl sites for hydroxylation is 3. The van der Waals surface area contributed by atoms with E-state index in [0.29, 0.717) is 76.5 Å². The summed E-state index contributed by atoms with van der Waals surface area (Å²) in [5, 5.41) is 62.8. The van der Waals surface area contributed by atoms with E-state index < -0.39 is 35.0 Å². The Morgan fingerprint density at radius 3 is 1.34 bits per heavy atom. The number of anilines is 3. The molecule has 8 N–H and O–H groups in total. The van der Waals surface area contributed by atoms with Crippen molar-refractivity contribution in [2.24, 2.45) is 0 Å². The molecule has 0 saturated heterocycles. The molecule has 30 heteroatoms. The summed E-state index contributed by atoms with van der Waals surface area (Å²) in [6, 6.07) is 45.1. The number of aldehydes is 1. The van der Waals surface area contributed by atoms with Crippen molar-refractivity contribution in [1.29, 1.82) is 0 Å². The Balaban J connectivity index is -0.00000117. The van der Waals surface area contributed by atoms with Crippen LogP contribution in [0.15, 0.2) is 164 Å². The summed E-state index contributed by atoms with van der Waals surface area (Å²) < 4.78 is 15.8. The number of nitrogens with zero attached hydrogens (tertiary/aromatic N) is 3. The van der Waals surface area contributed by atoms with Crippen molar-refractivity contribution in [2.75, 3.05) is 23.9 Å². The Hall–Kier alpha value is -6.30. The van der Waals surface area contributed by atoms with Crippen molar-refractivity contribution in [2.45, 2.75) is 75.6 Å². The number of carbonyl (C=O) groups is 4. The molecule has 22 nitrogen and oxygen atoms in total. The molecule has 10 rings (SSSR count). The SMILES string of the molecule is C.C.C.COc1ccc(C(=O)O)cc1.Cc1cc(CC(=O)c2ccc(C=O)cc2)ccc1[N+](=O)[O-].Cc1cc(CC(=O)c2ccc(CNc3ccc4c(c3)B(O)OC4)cc2)ccc1[N+](=O)[O-].Cc1cc(N)ccc1[N+](=O)[O-].IC(I)I.Nc1ccc2c(c1)B(O)OC2.[CH2-]I.[CH3-].[V].[V]. The molecule has 2 aliphatic rings. The molecule has 0 aromatic heterocycles. The molecule has 2 radical (unpaired) electrons. The number of aromatic carboxylic acids is 1. The molecule has 0 unspecified atom stereocenters. The van der Waals surface area contributed by atoms with E-state index in [2.05, 4.69) is 78.0 Å². The van der Waals surface area contributed by atoms with E-state index in [9.17, 15) is 59.6 Å². The monoisotopic (exact) mass is 1850 g/mol. The van der Waals surface area contributed by atoms with Gasteiger partial charge in [-0.15, -0.1) is 0 Å². The van der Waals surface area contributed by atoms with Crippen LogP contribution in [0.3, 0.4) is 0 Å². The van der Waals surface area contributed by atoms with Gasteiger partial charge < -0.3 is 76.0 Å². The first-order valence-corrected chi connectivity index (χ1v) is 32.1. The first-order valence-electron chi connectivity index (χ1n) is 26.9.